The SMILES string of the molecule is C.CC(C)=O.CC(C)N1CCN(c2cc(C3=NCc4ccc(OC5(C)CC5)cc43)ncn2)CC1.CC1(Oc2ccc3nn(COCC[Si](C)(C)C)c(-c4cc(N5CCNCC5)ncn4)c3c2)CC1. The number of ketones is 1. The number of carbonyl (C=O) groups is 1. The van der Waals surface area contributed by atoms with Gasteiger partial charge in [0, 0.05) is 96.2 Å². The van der Waals surface area contributed by atoms with Gasteiger partial charge in [0.25, 0.3) is 0 Å². The zero-order valence-corrected chi connectivity index (χ0v) is 42.3. The zero-order chi connectivity index (χ0) is 47.3. The third-order valence-corrected chi connectivity index (χ3v) is 14.6. The van der Waals surface area contributed by atoms with E-state index in [-0.39, 0.29) is 24.4 Å². The van der Waals surface area contributed by atoms with Crippen LogP contribution in [-0.4, -0.2) is 130 Å². The number of aromatic nitrogens is 6. The summed E-state index contributed by atoms with van der Waals surface area (Å²) in [6.07, 6.45) is 7.79. The molecular weight excluding hydrogens is 871 g/mol. The minimum absolute atomic E-state index is 0. The number of nitrogens with zero attached hydrogens (tertiary/aromatic N) is 10. The number of fused-ring (bicyclic) bond motifs is 2. The average Bonchev–Trinajstić information content (AvgIpc) is 4.12. The predicted molar refractivity (Wildman–Crippen MR) is 276 cm³/mol. The summed E-state index contributed by atoms with van der Waals surface area (Å²) in [4.78, 5) is 39.7. The van der Waals surface area contributed by atoms with Crippen LogP contribution in [0, 0.1) is 0 Å². The number of anilines is 2. The lowest BCUT2D eigenvalue weighted by atomic mass is 10.0. The first-order valence-corrected chi connectivity index (χ1v) is 28.0. The summed E-state index contributed by atoms with van der Waals surface area (Å²) in [5.41, 5.74) is 6.94. The Labute approximate surface area is 405 Å². The van der Waals surface area contributed by atoms with Gasteiger partial charge in [-0.3, -0.25) is 9.89 Å². The van der Waals surface area contributed by atoms with Crippen molar-refractivity contribution in [3.63, 3.8) is 0 Å². The Morgan fingerprint density at radius 2 is 1.34 bits per heavy atom. The number of benzene rings is 2. The summed E-state index contributed by atoms with van der Waals surface area (Å²) in [5, 5.41) is 9.31. The summed E-state index contributed by atoms with van der Waals surface area (Å²) < 4.78 is 20.5. The topological polar surface area (TPSA) is 148 Å². The Balaban J connectivity index is 0.000000186. The maximum Gasteiger partial charge on any atom is 0.140 e. The van der Waals surface area contributed by atoms with E-state index in [1.54, 1.807) is 12.7 Å². The highest BCUT2D eigenvalue weighted by molar-refractivity contribution is 6.76. The molecule has 0 bridgehead atoms. The molecule has 15 nitrogen and oxygen atoms in total. The third kappa shape index (κ3) is 13.3. The number of ether oxygens (including phenoxy) is 3. The number of rotatable bonds is 14. The molecule has 0 amide bonds. The quantitative estimate of drug-likeness (QED) is 0.0837. The van der Waals surface area contributed by atoms with Crippen molar-refractivity contribution in [3.8, 4) is 22.9 Å². The standard InChI is InChI=1S/C25H36N6O2Si.C23H29N5O.C3H6O.CH4/c1-25(7-8-25)33-19-5-6-21-20(15-19)24(31(29-21)18-32-13-14-34(2,3)4)22-16-23(28-17-27-22)30-11-9-26-10-12-30;1-16(2)27-8-10-28(11-9-27)21-13-20(25-15-26-21)22-19-12-18(29-23(3)6-7-23)5-4-17(19)14-24-22;1-3(2)4;/h5-6,15-17,26H,7-14,18H2,1-4H3;4-5,12-13,15-16H,6-11,14H2,1-3H3;1-2H3;1H4. The molecule has 2 saturated carbocycles. The average molecular weight is 946 g/mol. The van der Waals surface area contributed by atoms with E-state index >= 15 is 0 Å². The smallest absolute Gasteiger partial charge is 0.140 e. The van der Waals surface area contributed by atoms with Crippen molar-refractivity contribution in [2.75, 3.05) is 68.8 Å². The molecule has 10 rings (SSSR count). The molecule has 6 heterocycles. The first kappa shape index (κ1) is 50.6. The minimum atomic E-state index is -1.16. The van der Waals surface area contributed by atoms with Gasteiger partial charge in [0.05, 0.1) is 34.9 Å². The molecule has 0 unspecified atom stereocenters. The molecule has 0 spiro atoms. The molecule has 5 aromatic rings. The number of Topliss-reactive ketones (excluding diaryl/α,β-unsaturated/α-hetero) is 1. The van der Waals surface area contributed by atoms with Crippen LogP contribution in [-0.2, 0) is 22.8 Å². The van der Waals surface area contributed by atoms with Crippen LogP contribution in [0.3, 0.4) is 0 Å². The summed E-state index contributed by atoms with van der Waals surface area (Å²) in [7, 11) is -1.16. The Morgan fingerprint density at radius 3 is 1.94 bits per heavy atom. The van der Waals surface area contributed by atoms with Crippen LogP contribution in [0.5, 0.6) is 11.5 Å². The largest absolute Gasteiger partial charge is 0.488 e. The lowest BCUT2D eigenvalue weighted by molar-refractivity contribution is -0.115. The van der Waals surface area contributed by atoms with Crippen LogP contribution in [0.25, 0.3) is 22.3 Å². The number of aliphatic imine (C=N–C) groups is 1. The van der Waals surface area contributed by atoms with Crippen LogP contribution in [0.1, 0.15) is 91.5 Å². The van der Waals surface area contributed by atoms with Gasteiger partial charge in [-0.05, 0) is 109 Å². The fraction of sp³-hybridized carbons (Fsp3) is 0.558. The first-order chi connectivity index (χ1) is 32.0. The van der Waals surface area contributed by atoms with Gasteiger partial charge in [0.1, 0.15) is 59.5 Å². The monoisotopic (exact) mass is 946 g/mol. The van der Waals surface area contributed by atoms with Crippen molar-refractivity contribution >= 4 is 42.1 Å². The summed E-state index contributed by atoms with van der Waals surface area (Å²) in [6.45, 7) is 28.8. The third-order valence-electron chi connectivity index (χ3n) is 12.9. The van der Waals surface area contributed by atoms with Crippen LogP contribution in [0.4, 0.5) is 11.6 Å². The van der Waals surface area contributed by atoms with Crippen LogP contribution >= 0.6 is 0 Å². The highest BCUT2D eigenvalue weighted by atomic mass is 28.3. The molecule has 2 aliphatic carbocycles. The van der Waals surface area contributed by atoms with Gasteiger partial charge >= 0.3 is 0 Å². The van der Waals surface area contributed by atoms with E-state index in [1.165, 1.54) is 19.4 Å². The molecule has 16 heteroatoms. The Kier molecular flexibility index (Phi) is 16.0. The maximum atomic E-state index is 9.44. The molecule has 0 radical (unpaired) electrons. The summed E-state index contributed by atoms with van der Waals surface area (Å²) in [6, 6.07) is 18.4. The number of nitrogens with one attached hydrogen (secondary N) is 1. The number of hydrogen-bond donors (Lipinski definition) is 1. The van der Waals surface area contributed by atoms with Crippen molar-refractivity contribution < 1.29 is 19.0 Å². The zero-order valence-electron chi connectivity index (χ0n) is 41.3. The summed E-state index contributed by atoms with van der Waals surface area (Å²) >= 11 is 0. The minimum Gasteiger partial charge on any atom is -0.488 e. The van der Waals surface area contributed by atoms with E-state index in [4.69, 9.17) is 24.3 Å². The van der Waals surface area contributed by atoms with Crippen molar-refractivity contribution in [2.45, 2.75) is 131 Å². The van der Waals surface area contributed by atoms with Crippen LogP contribution in [0.2, 0.25) is 25.7 Å². The molecule has 5 aliphatic rings. The van der Waals surface area contributed by atoms with Crippen molar-refractivity contribution in [1.29, 1.82) is 0 Å². The van der Waals surface area contributed by atoms with Gasteiger partial charge in [-0.2, -0.15) is 5.10 Å². The van der Waals surface area contributed by atoms with Gasteiger partial charge in [0.2, 0.25) is 0 Å². The maximum absolute atomic E-state index is 9.44. The van der Waals surface area contributed by atoms with E-state index in [0.29, 0.717) is 19.3 Å². The molecule has 2 aromatic carbocycles. The van der Waals surface area contributed by atoms with E-state index < -0.39 is 8.07 Å². The molecule has 3 aromatic heterocycles. The van der Waals surface area contributed by atoms with Crippen molar-refractivity contribution in [3.05, 3.63) is 78.0 Å². The van der Waals surface area contributed by atoms with Crippen molar-refractivity contribution in [1.82, 2.24) is 39.9 Å². The van der Waals surface area contributed by atoms with Crippen LogP contribution < -0.4 is 24.6 Å². The van der Waals surface area contributed by atoms with Gasteiger partial charge in [0.15, 0.2) is 0 Å². The van der Waals surface area contributed by atoms with Crippen LogP contribution in [0.15, 0.2) is 66.2 Å². The van der Waals surface area contributed by atoms with E-state index in [2.05, 4.69) is 124 Å². The second-order valence-corrected chi connectivity index (χ2v) is 26.4. The number of carbonyl (C=O) groups excluding carboxylic acids is 1. The van der Waals surface area contributed by atoms with E-state index in [9.17, 15) is 4.79 Å². The Hall–Kier alpha value is -5.29. The Bertz CT molecular complexity index is 2530. The van der Waals surface area contributed by atoms with Crippen molar-refractivity contribution in [2.24, 2.45) is 4.99 Å². The second-order valence-electron chi connectivity index (χ2n) is 20.7. The fourth-order valence-electron chi connectivity index (χ4n) is 8.30. The van der Waals surface area contributed by atoms with Gasteiger partial charge < -0.3 is 34.1 Å². The van der Waals surface area contributed by atoms with E-state index in [0.717, 1.165) is 153 Å². The molecule has 366 valence electrons. The molecule has 1 N–H and O–H groups in total. The molecule has 4 fully saturated rings. The predicted octanol–water partition coefficient (Wildman–Crippen LogP) is 8.67. The number of hydrogen-bond acceptors (Lipinski definition) is 14. The second kappa shape index (κ2) is 21.6. The van der Waals surface area contributed by atoms with Gasteiger partial charge in [-0.15, -0.1) is 0 Å². The highest BCUT2D eigenvalue weighted by Gasteiger charge is 2.41. The Morgan fingerprint density at radius 1 is 0.765 bits per heavy atom. The molecule has 2 saturated heterocycles. The van der Waals surface area contributed by atoms with E-state index in [1.807, 2.05) is 16.8 Å². The lowest BCUT2D eigenvalue weighted by Crippen LogP contribution is -2.49. The highest BCUT2D eigenvalue weighted by Crippen LogP contribution is 2.42. The molecule has 68 heavy (non-hydrogen) atoms. The molecule has 3 aliphatic heterocycles. The fourth-order valence-corrected chi connectivity index (χ4v) is 9.06. The summed E-state index contributed by atoms with van der Waals surface area (Å²) in [5.74, 6) is 3.92. The van der Waals surface area contributed by atoms with Gasteiger partial charge in [-0.1, -0.05) is 33.1 Å². The normalized spacial score (nSPS) is 18.1. The first-order valence-electron chi connectivity index (χ1n) is 24.2. The molecular formula is C52H75N11O4Si. The number of piperazine rings is 2. The lowest BCUT2D eigenvalue weighted by Gasteiger charge is -2.37. The molecule has 0 atom stereocenters. The van der Waals surface area contributed by atoms with Gasteiger partial charge in [-0.25, -0.2) is 24.6 Å².